The third-order valence-corrected chi connectivity index (χ3v) is 4.67. The summed E-state index contributed by atoms with van der Waals surface area (Å²) in [5, 5.41) is 18.7. The standard InChI is InChI=1S/C20H34O3/c1-2-3-7-10-18(22)14-12-17-13-15-20(23)19(17)11-8-5-4-6-9-16-21/h5,8,12,14,17-19,21-22H,2-4,6-7,9-11,13,15-16H2,1H3/b8-5-,14-12+/t17-,18-,19+/m0/s1. The fourth-order valence-corrected chi connectivity index (χ4v) is 3.18. The van der Waals surface area contributed by atoms with Crippen LogP contribution in [0.1, 0.15) is 71.1 Å². The summed E-state index contributed by atoms with van der Waals surface area (Å²) in [7, 11) is 0. The number of carbonyl (C=O) groups is 1. The summed E-state index contributed by atoms with van der Waals surface area (Å²) < 4.78 is 0. The maximum atomic E-state index is 12.0. The molecule has 0 unspecified atom stereocenters. The first-order valence-corrected chi connectivity index (χ1v) is 9.34. The van der Waals surface area contributed by atoms with Crippen molar-refractivity contribution in [3.8, 4) is 0 Å². The number of rotatable bonds is 12. The van der Waals surface area contributed by atoms with E-state index in [1.165, 1.54) is 6.42 Å². The van der Waals surface area contributed by atoms with Gasteiger partial charge in [-0.3, -0.25) is 4.79 Å². The number of aliphatic hydroxyl groups is 2. The molecule has 23 heavy (non-hydrogen) atoms. The highest BCUT2D eigenvalue weighted by Crippen LogP contribution is 2.33. The maximum Gasteiger partial charge on any atom is 0.136 e. The van der Waals surface area contributed by atoms with E-state index in [0.29, 0.717) is 12.2 Å². The number of Topliss-reactive ketones (excluding diaryl/α,β-unsaturated/α-hetero) is 1. The number of ketones is 1. The van der Waals surface area contributed by atoms with Gasteiger partial charge >= 0.3 is 0 Å². The minimum absolute atomic E-state index is 0.0863. The highest BCUT2D eigenvalue weighted by Gasteiger charge is 2.31. The molecule has 1 fully saturated rings. The van der Waals surface area contributed by atoms with Crippen LogP contribution in [0, 0.1) is 11.8 Å². The van der Waals surface area contributed by atoms with Crippen LogP contribution >= 0.6 is 0 Å². The zero-order valence-corrected chi connectivity index (χ0v) is 14.6. The third kappa shape index (κ3) is 8.47. The molecule has 1 saturated carbocycles. The van der Waals surface area contributed by atoms with E-state index in [9.17, 15) is 9.90 Å². The van der Waals surface area contributed by atoms with Gasteiger partial charge in [-0.05, 0) is 44.4 Å². The molecule has 1 aliphatic rings. The Balaban J connectivity index is 2.36. The van der Waals surface area contributed by atoms with Gasteiger partial charge in [0.05, 0.1) is 6.10 Å². The minimum atomic E-state index is -0.369. The van der Waals surface area contributed by atoms with Gasteiger partial charge in [0, 0.05) is 18.9 Å². The molecule has 1 aliphatic carbocycles. The van der Waals surface area contributed by atoms with Crippen LogP contribution in [0.3, 0.4) is 0 Å². The second-order valence-electron chi connectivity index (χ2n) is 6.65. The lowest BCUT2D eigenvalue weighted by molar-refractivity contribution is -0.120. The van der Waals surface area contributed by atoms with Crippen LogP contribution in [0.25, 0.3) is 0 Å². The predicted molar refractivity (Wildman–Crippen MR) is 95.2 cm³/mol. The van der Waals surface area contributed by atoms with E-state index >= 15 is 0 Å². The Hall–Kier alpha value is -0.930. The zero-order chi connectivity index (χ0) is 16.9. The summed E-state index contributed by atoms with van der Waals surface area (Å²) in [6.07, 6.45) is 17.3. The Morgan fingerprint density at radius 1 is 1.22 bits per heavy atom. The number of hydrogen-bond acceptors (Lipinski definition) is 3. The molecule has 0 aromatic rings. The first-order valence-electron chi connectivity index (χ1n) is 9.34. The van der Waals surface area contributed by atoms with Crippen LogP contribution < -0.4 is 0 Å². The molecule has 0 bridgehead atoms. The van der Waals surface area contributed by atoms with Crippen LogP contribution in [0.2, 0.25) is 0 Å². The van der Waals surface area contributed by atoms with E-state index in [4.69, 9.17) is 5.11 Å². The molecule has 1 rings (SSSR count). The quantitative estimate of drug-likeness (QED) is 0.418. The van der Waals surface area contributed by atoms with Gasteiger partial charge in [0.1, 0.15) is 5.78 Å². The molecule has 0 amide bonds. The predicted octanol–water partition coefficient (Wildman–Crippen LogP) is 4.19. The van der Waals surface area contributed by atoms with E-state index in [2.05, 4.69) is 25.2 Å². The Morgan fingerprint density at radius 2 is 2.04 bits per heavy atom. The van der Waals surface area contributed by atoms with Crippen molar-refractivity contribution in [3.63, 3.8) is 0 Å². The molecule has 2 N–H and O–H groups in total. The Labute approximate surface area is 141 Å². The average Bonchev–Trinajstić information content (AvgIpc) is 2.89. The molecule has 3 atom stereocenters. The first kappa shape index (κ1) is 20.1. The van der Waals surface area contributed by atoms with Gasteiger partial charge in [-0.1, -0.05) is 50.5 Å². The van der Waals surface area contributed by atoms with Crippen LogP contribution in [0.15, 0.2) is 24.3 Å². The van der Waals surface area contributed by atoms with E-state index in [0.717, 1.165) is 51.4 Å². The Kier molecular flexibility index (Phi) is 10.9. The number of hydrogen-bond donors (Lipinski definition) is 2. The summed E-state index contributed by atoms with van der Waals surface area (Å²) in [4.78, 5) is 12.0. The van der Waals surface area contributed by atoms with E-state index < -0.39 is 0 Å². The molecule has 0 saturated heterocycles. The smallest absolute Gasteiger partial charge is 0.136 e. The van der Waals surface area contributed by atoms with Crippen molar-refractivity contribution in [1.29, 1.82) is 0 Å². The van der Waals surface area contributed by atoms with Gasteiger partial charge < -0.3 is 10.2 Å². The van der Waals surface area contributed by atoms with Gasteiger partial charge in [0.15, 0.2) is 0 Å². The lowest BCUT2D eigenvalue weighted by Gasteiger charge is -2.13. The van der Waals surface area contributed by atoms with Crippen molar-refractivity contribution in [2.75, 3.05) is 6.61 Å². The molecule has 0 heterocycles. The molecule has 132 valence electrons. The summed E-state index contributed by atoms with van der Waals surface area (Å²) in [6.45, 7) is 2.41. The normalized spacial score (nSPS) is 23.3. The topological polar surface area (TPSA) is 57.5 Å². The van der Waals surface area contributed by atoms with Crippen molar-refractivity contribution in [1.82, 2.24) is 0 Å². The SMILES string of the molecule is CCCCC[C@H](O)/C=C/[C@H]1CCC(=O)[C@@H]1C/C=C\CCCCO. The summed E-state index contributed by atoms with van der Waals surface area (Å²) in [5.74, 6) is 0.730. The number of unbranched alkanes of at least 4 members (excludes halogenated alkanes) is 4. The monoisotopic (exact) mass is 322 g/mol. The fourth-order valence-electron chi connectivity index (χ4n) is 3.18. The van der Waals surface area contributed by atoms with E-state index in [1.54, 1.807) is 0 Å². The molecular weight excluding hydrogens is 288 g/mol. The van der Waals surface area contributed by atoms with Crippen LogP contribution in [-0.4, -0.2) is 28.7 Å². The highest BCUT2D eigenvalue weighted by atomic mass is 16.3. The first-order chi connectivity index (χ1) is 11.2. The summed E-state index contributed by atoms with van der Waals surface area (Å²) >= 11 is 0. The lowest BCUT2D eigenvalue weighted by atomic mass is 9.91. The molecule has 0 spiro atoms. The van der Waals surface area contributed by atoms with Gasteiger partial charge in [-0.25, -0.2) is 0 Å². The number of aliphatic hydroxyl groups excluding tert-OH is 2. The van der Waals surface area contributed by atoms with Crippen molar-refractivity contribution < 1.29 is 15.0 Å². The van der Waals surface area contributed by atoms with Crippen molar-refractivity contribution in [2.45, 2.75) is 77.2 Å². The van der Waals surface area contributed by atoms with Crippen LogP contribution in [-0.2, 0) is 4.79 Å². The van der Waals surface area contributed by atoms with Gasteiger partial charge in [-0.2, -0.15) is 0 Å². The van der Waals surface area contributed by atoms with Gasteiger partial charge in [0.25, 0.3) is 0 Å². The maximum absolute atomic E-state index is 12.0. The third-order valence-electron chi connectivity index (χ3n) is 4.67. The summed E-state index contributed by atoms with van der Waals surface area (Å²) in [6, 6.07) is 0. The van der Waals surface area contributed by atoms with E-state index in [1.807, 2.05) is 6.08 Å². The molecule has 0 aromatic heterocycles. The molecule has 0 aromatic carbocycles. The summed E-state index contributed by atoms with van der Waals surface area (Å²) in [5.41, 5.74) is 0. The minimum Gasteiger partial charge on any atom is -0.396 e. The fraction of sp³-hybridized carbons (Fsp3) is 0.750. The number of carbonyl (C=O) groups excluding carboxylic acids is 1. The van der Waals surface area contributed by atoms with E-state index in [-0.39, 0.29) is 24.5 Å². The Bertz CT molecular complexity index is 373. The molecule has 0 aliphatic heterocycles. The molecule has 0 radical (unpaired) electrons. The molecule has 3 nitrogen and oxygen atoms in total. The second kappa shape index (κ2) is 12.5. The molecular formula is C20H34O3. The van der Waals surface area contributed by atoms with Crippen LogP contribution in [0.5, 0.6) is 0 Å². The van der Waals surface area contributed by atoms with Crippen LogP contribution in [0.4, 0.5) is 0 Å². The lowest BCUT2D eigenvalue weighted by Crippen LogP contribution is -2.13. The van der Waals surface area contributed by atoms with Gasteiger partial charge in [-0.15, -0.1) is 0 Å². The van der Waals surface area contributed by atoms with Crippen molar-refractivity contribution in [3.05, 3.63) is 24.3 Å². The van der Waals surface area contributed by atoms with Gasteiger partial charge in [0.2, 0.25) is 0 Å². The molecule has 3 heteroatoms. The zero-order valence-electron chi connectivity index (χ0n) is 14.6. The largest absolute Gasteiger partial charge is 0.396 e. The second-order valence-corrected chi connectivity index (χ2v) is 6.65. The number of allylic oxidation sites excluding steroid dienone is 3. The van der Waals surface area contributed by atoms with Crippen molar-refractivity contribution in [2.24, 2.45) is 11.8 Å². The highest BCUT2D eigenvalue weighted by molar-refractivity contribution is 5.83. The van der Waals surface area contributed by atoms with Crippen molar-refractivity contribution >= 4 is 5.78 Å². The Morgan fingerprint density at radius 3 is 2.78 bits per heavy atom. The average molecular weight is 322 g/mol.